The van der Waals surface area contributed by atoms with Crippen LogP contribution in [0.15, 0.2) is 48.0 Å². The van der Waals surface area contributed by atoms with E-state index in [1.54, 1.807) is 19.1 Å². The molecule has 3 aromatic rings. The number of hydrogen-bond acceptors (Lipinski definition) is 6. The highest BCUT2D eigenvalue weighted by Crippen LogP contribution is 2.42. The monoisotopic (exact) mass is 478 g/mol. The van der Waals surface area contributed by atoms with E-state index >= 15 is 0 Å². The lowest BCUT2D eigenvalue weighted by atomic mass is 9.90. The summed E-state index contributed by atoms with van der Waals surface area (Å²) in [5.74, 6) is 0.725. The Morgan fingerprint density at radius 1 is 1.18 bits per heavy atom. The average molecular weight is 478 g/mol. The van der Waals surface area contributed by atoms with Gasteiger partial charge in [0.15, 0.2) is 18.1 Å². The normalized spacial score (nSPS) is 15.7. The minimum atomic E-state index is -4.46. The van der Waals surface area contributed by atoms with Crippen molar-refractivity contribution in [3.8, 4) is 17.4 Å². The van der Waals surface area contributed by atoms with Crippen molar-refractivity contribution in [1.29, 1.82) is 0 Å². The Bertz CT molecular complexity index is 1120. The van der Waals surface area contributed by atoms with Gasteiger partial charge in [-0.05, 0) is 47.2 Å². The van der Waals surface area contributed by atoms with Crippen molar-refractivity contribution in [2.45, 2.75) is 18.6 Å². The van der Waals surface area contributed by atoms with Crippen molar-refractivity contribution in [2.75, 3.05) is 27.4 Å². The summed E-state index contributed by atoms with van der Waals surface area (Å²) in [5, 5.41) is 1.95. The lowest BCUT2D eigenvalue weighted by Crippen LogP contribution is -2.40. The van der Waals surface area contributed by atoms with E-state index in [1.165, 1.54) is 29.7 Å². The molecule has 1 aliphatic heterocycles. The van der Waals surface area contributed by atoms with Gasteiger partial charge in [0.25, 0.3) is 5.91 Å². The van der Waals surface area contributed by atoms with Crippen molar-refractivity contribution < 1.29 is 32.2 Å². The summed E-state index contributed by atoms with van der Waals surface area (Å²) in [7, 11) is 3.14. The van der Waals surface area contributed by atoms with Crippen molar-refractivity contribution >= 4 is 17.2 Å². The number of methoxy groups -OCH3 is 2. The van der Waals surface area contributed by atoms with Crippen molar-refractivity contribution in [2.24, 2.45) is 0 Å². The van der Waals surface area contributed by atoms with Crippen LogP contribution in [0.4, 0.5) is 13.2 Å². The molecule has 0 radical (unpaired) electrons. The van der Waals surface area contributed by atoms with Crippen LogP contribution in [0.5, 0.6) is 17.4 Å². The van der Waals surface area contributed by atoms with Crippen molar-refractivity contribution in [3.63, 3.8) is 0 Å². The number of hydrogen-bond donors (Lipinski definition) is 0. The van der Waals surface area contributed by atoms with Crippen molar-refractivity contribution in [1.82, 2.24) is 9.88 Å². The summed E-state index contributed by atoms with van der Waals surface area (Å²) >= 11 is 1.54. The lowest BCUT2D eigenvalue weighted by molar-refractivity contribution is -0.154. The first-order valence-electron chi connectivity index (χ1n) is 10.1. The van der Waals surface area contributed by atoms with Crippen LogP contribution in [0.1, 0.15) is 32.4 Å². The summed E-state index contributed by atoms with van der Waals surface area (Å²) < 4.78 is 52.6. The van der Waals surface area contributed by atoms with E-state index in [-0.39, 0.29) is 23.4 Å². The zero-order valence-corrected chi connectivity index (χ0v) is 18.7. The minimum Gasteiger partial charge on any atom is -0.493 e. The molecule has 0 bridgehead atoms. The Hall–Kier alpha value is -3.27. The number of ether oxygens (including phenoxy) is 3. The van der Waals surface area contributed by atoms with E-state index in [9.17, 15) is 18.0 Å². The third-order valence-corrected chi connectivity index (χ3v) is 6.24. The van der Waals surface area contributed by atoms with E-state index in [1.807, 2.05) is 29.6 Å². The topological polar surface area (TPSA) is 60.9 Å². The molecule has 33 heavy (non-hydrogen) atoms. The Kier molecular flexibility index (Phi) is 6.46. The van der Waals surface area contributed by atoms with Crippen LogP contribution in [0.25, 0.3) is 0 Å². The molecule has 1 aliphatic rings. The van der Waals surface area contributed by atoms with E-state index in [0.29, 0.717) is 24.5 Å². The number of benzene rings is 1. The molecule has 6 nitrogen and oxygen atoms in total. The number of amides is 1. The predicted molar refractivity (Wildman–Crippen MR) is 116 cm³/mol. The predicted octanol–water partition coefficient (Wildman–Crippen LogP) is 4.89. The summed E-state index contributed by atoms with van der Waals surface area (Å²) in [6.07, 6.45) is -2.61. The number of alkyl halides is 3. The fourth-order valence-corrected chi connectivity index (χ4v) is 4.69. The van der Waals surface area contributed by atoms with Gasteiger partial charge < -0.3 is 19.1 Å². The fourth-order valence-electron chi connectivity index (χ4n) is 3.83. The maximum Gasteiger partial charge on any atom is 0.422 e. The van der Waals surface area contributed by atoms with Gasteiger partial charge >= 0.3 is 6.18 Å². The first-order chi connectivity index (χ1) is 15.8. The van der Waals surface area contributed by atoms with Crippen LogP contribution < -0.4 is 14.2 Å². The van der Waals surface area contributed by atoms with Crippen LogP contribution >= 0.6 is 11.3 Å². The Labute approximate surface area is 192 Å². The molecule has 0 saturated heterocycles. The third-order valence-electron chi connectivity index (χ3n) is 5.31. The van der Waals surface area contributed by atoms with Gasteiger partial charge in [0, 0.05) is 23.7 Å². The zero-order valence-electron chi connectivity index (χ0n) is 17.9. The molecular weight excluding hydrogens is 457 g/mol. The second-order valence-electron chi connectivity index (χ2n) is 7.36. The first-order valence-corrected chi connectivity index (χ1v) is 10.9. The number of nitrogens with zero attached hydrogens (tertiary/aromatic N) is 2. The number of fused-ring (bicyclic) bond motifs is 1. The van der Waals surface area contributed by atoms with E-state index in [2.05, 4.69) is 9.72 Å². The van der Waals surface area contributed by atoms with Gasteiger partial charge in [-0.2, -0.15) is 13.2 Å². The largest absolute Gasteiger partial charge is 0.493 e. The SMILES string of the molecule is COc1cc2c(cc1OC)C(c1cccs1)N(C(=O)c1ccc(OCC(F)(F)F)nc1)CC2. The van der Waals surface area contributed by atoms with Gasteiger partial charge in [-0.1, -0.05) is 6.07 Å². The molecule has 1 unspecified atom stereocenters. The zero-order chi connectivity index (χ0) is 23.6. The summed E-state index contributed by atoms with van der Waals surface area (Å²) in [4.78, 5) is 20.0. The molecule has 0 fully saturated rings. The van der Waals surface area contributed by atoms with E-state index < -0.39 is 12.8 Å². The number of rotatable bonds is 6. The number of pyridine rings is 1. The Morgan fingerprint density at radius 2 is 1.94 bits per heavy atom. The quantitative estimate of drug-likeness (QED) is 0.505. The number of halogens is 3. The number of thiophene rings is 1. The second kappa shape index (κ2) is 9.30. The first kappa shape index (κ1) is 22.9. The summed E-state index contributed by atoms with van der Waals surface area (Å²) in [5.41, 5.74) is 2.26. The maximum atomic E-state index is 13.4. The molecule has 0 N–H and O–H groups in total. The standard InChI is InChI=1S/C23H21F3N2O4S/c1-30-17-10-14-7-8-28(21(19-4-3-9-33-19)16(14)11-18(17)31-2)22(29)15-5-6-20(27-12-15)32-13-23(24,25)26/h3-6,9-12,21H,7-8,13H2,1-2H3. The molecule has 10 heteroatoms. The van der Waals surface area contributed by atoms with E-state index in [0.717, 1.165) is 16.0 Å². The van der Waals surface area contributed by atoms with Gasteiger partial charge in [0.1, 0.15) is 0 Å². The molecular formula is C23H21F3N2O4S. The Morgan fingerprint density at radius 3 is 2.55 bits per heavy atom. The molecule has 0 aliphatic carbocycles. The van der Waals surface area contributed by atoms with Crippen molar-refractivity contribution in [3.05, 3.63) is 69.5 Å². The van der Waals surface area contributed by atoms with Crippen LogP contribution in [0.3, 0.4) is 0 Å². The number of carbonyl (C=O) groups excluding carboxylic acids is 1. The molecule has 1 amide bonds. The average Bonchev–Trinajstić information content (AvgIpc) is 3.35. The summed E-state index contributed by atoms with van der Waals surface area (Å²) in [6, 6.07) is 10.1. The van der Waals surface area contributed by atoms with Crippen LogP contribution in [0.2, 0.25) is 0 Å². The fraction of sp³-hybridized carbons (Fsp3) is 0.304. The Balaban J connectivity index is 1.65. The van der Waals surface area contributed by atoms with Gasteiger partial charge in [0.05, 0.1) is 25.8 Å². The highest BCUT2D eigenvalue weighted by molar-refractivity contribution is 7.10. The van der Waals surface area contributed by atoms with E-state index in [4.69, 9.17) is 9.47 Å². The molecule has 2 aromatic heterocycles. The van der Waals surface area contributed by atoms with Gasteiger partial charge in [-0.15, -0.1) is 11.3 Å². The second-order valence-corrected chi connectivity index (χ2v) is 8.34. The smallest absolute Gasteiger partial charge is 0.422 e. The number of carbonyl (C=O) groups is 1. The molecule has 3 heterocycles. The van der Waals surface area contributed by atoms with Gasteiger partial charge in [0.2, 0.25) is 5.88 Å². The molecule has 174 valence electrons. The molecule has 1 atom stereocenters. The molecule has 0 spiro atoms. The summed E-state index contributed by atoms with van der Waals surface area (Å²) in [6.45, 7) is -0.988. The number of aromatic nitrogens is 1. The van der Waals surface area contributed by atoms with Crippen LogP contribution in [0, 0.1) is 0 Å². The third kappa shape index (κ3) is 4.90. The highest BCUT2D eigenvalue weighted by Gasteiger charge is 2.34. The van der Waals surface area contributed by atoms with Crippen LogP contribution in [-0.4, -0.2) is 49.3 Å². The minimum absolute atomic E-state index is 0.195. The lowest BCUT2D eigenvalue weighted by Gasteiger charge is -2.37. The molecule has 4 rings (SSSR count). The van der Waals surface area contributed by atoms with Crippen LogP contribution in [-0.2, 0) is 6.42 Å². The van der Waals surface area contributed by atoms with Gasteiger partial charge in [-0.25, -0.2) is 4.98 Å². The maximum absolute atomic E-state index is 13.4. The highest BCUT2D eigenvalue weighted by atomic mass is 32.1. The molecule has 1 aromatic carbocycles. The van der Waals surface area contributed by atoms with Gasteiger partial charge in [-0.3, -0.25) is 4.79 Å². The molecule has 0 saturated carbocycles.